The number of methoxy groups -OCH3 is 1. The number of carbonyl (C=O) groups is 1. The van der Waals surface area contributed by atoms with Crippen LogP contribution in [0.4, 0.5) is 0 Å². The summed E-state index contributed by atoms with van der Waals surface area (Å²) in [5.74, 6) is 1.25. The summed E-state index contributed by atoms with van der Waals surface area (Å²) in [5, 5.41) is 3.18. The number of hydrogen-bond acceptors (Lipinski definition) is 3. The van der Waals surface area contributed by atoms with Gasteiger partial charge in [-0.3, -0.25) is 4.79 Å². The summed E-state index contributed by atoms with van der Waals surface area (Å²) in [7, 11) is 1.60. The summed E-state index contributed by atoms with van der Waals surface area (Å²) in [6.45, 7) is 3.93. The Labute approximate surface area is 139 Å². The lowest BCUT2D eigenvalue weighted by Gasteiger charge is -2.21. The Morgan fingerprint density at radius 2 is 1.74 bits per heavy atom. The Kier molecular flexibility index (Phi) is 6.75. The zero-order chi connectivity index (χ0) is 16.7. The third-order valence-corrected chi connectivity index (χ3v) is 4.23. The third-order valence-electron chi connectivity index (χ3n) is 4.23. The van der Waals surface area contributed by atoms with Crippen LogP contribution in [0.5, 0.6) is 11.5 Å². The van der Waals surface area contributed by atoms with Crippen LogP contribution < -0.4 is 14.8 Å². The zero-order valence-electron chi connectivity index (χ0n) is 14.6. The highest BCUT2D eigenvalue weighted by Crippen LogP contribution is 2.29. The largest absolute Gasteiger partial charge is 0.493 e. The van der Waals surface area contributed by atoms with E-state index in [1.165, 1.54) is 32.1 Å². The summed E-state index contributed by atoms with van der Waals surface area (Å²) in [4.78, 5) is 12.5. The highest BCUT2D eigenvalue weighted by Gasteiger charge is 2.17. The molecule has 0 heterocycles. The number of carbonyl (C=O) groups excluding carboxylic acids is 1. The monoisotopic (exact) mass is 319 g/mol. The van der Waals surface area contributed by atoms with Gasteiger partial charge >= 0.3 is 0 Å². The van der Waals surface area contributed by atoms with E-state index in [9.17, 15) is 4.79 Å². The van der Waals surface area contributed by atoms with Gasteiger partial charge in [0.05, 0.1) is 13.2 Å². The summed E-state index contributed by atoms with van der Waals surface area (Å²) < 4.78 is 11.1. The van der Waals surface area contributed by atoms with Crippen molar-refractivity contribution in [2.45, 2.75) is 70.9 Å². The average Bonchev–Trinajstić information content (AvgIpc) is 2.49. The lowest BCUT2D eigenvalue weighted by atomic mass is 9.96. The van der Waals surface area contributed by atoms with E-state index in [0.29, 0.717) is 23.1 Å². The molecule has 0 aliphatic heterocycles. The predicted molar refractivity (Wildman–Crippen MR) is 92.3 cm³/mol. The van der Waals surface area contributed by atoms with Crippen molar-refractivity contribution in [2.24, 2.45) is 0 Å². The maximum absolute atomic E-state index is 12.5. The van der Waals surface area contributed by atoms with E-state index in [2.05, 4.69) is 5.32 Å². The Morgan fingerprint density at radius 1 is 1.09 bits per heavy atom. The lowest BCUT2D eigenvalue weighted by Crippen LogP contribution is -2.35. The van der Waals surface area contributed by atoms with Crippen molar-refractivity contribution >= 4 is 5.91 Å². The first kappa shape index (κ1) is 17.6. The van der Waals surface area contributed by atoms with Gasteiger partial charge in [-0.25, -0.2) is 0 Å². The van der Waals surface area contributed by atoms with Crippen molar-refractivity contribution < 1.29 is 14.3 Å². The number of ether oxygens (including phenoxy) is 2. The van der Waals surface area contributed by atoms with Crippen LogP contribution in [0.2, 0.25) is 0 Å². The number of nitrogens with one attached hydrogen (secondary N) is 1. The van der Waals surface area contributed by atoms with Crippen molar-refractivity contribution in [1.29, 1.82) is 0 Å². The molecule has 1 N–H and O–H groups in total. The first-order valence-electron chi connectivity index (χ1n) is 8.75. The van der Waals surface area contributed by atoms with Crippen LogP contribution in [0.3, 0.4) is 0 Å². The van der Waals surface area contributed by atoms with Crippen LogP contribution >= 0.6 is 0 Å². The highest BCUT2D eigenvalue weighted by molar-refractivity contribution is 5.95. The molecule has 4 nitrogen and oxygen atoms in total. The van der Waals surface area contributed by atoms with Gasteiger partial charge in [-0.1, -0.05) is 32.1 Å². The average molecular weight is 319 g/mol. The minimum absolute atomic E-state index is 0.0232. The van der Waals surface area contributed by atoms with E-state index in [4.69, 9.17) is 9.47 Å². The van der Waals surface area contributed by atoms with E-state index in [-0.39, 0.29) is 12.0 Å². The van der Waals surface area contributed by atoms with E-state index in [1.54, 1.807) is 19.2 Å². The number of rotatable bonds is 5. The molecule has 23 heavy (non-hydrogen) atoms. The van der Waals surface area contributed by atoms with E-state index in [1.807, 2.05) is 19.9 Å². The van der Waals surface area contributed by atoms with Crippen LogP contribution in [0.25, 0.3) is 0 Å². The SMILES string of the molecule is COc1cc(C(=O)NC2CCCCCCC2)ccc1OC(C)C. The third kappa shape index (κ3) is 5.45. The zero-order valence-corrected chi connectivity index (χ0v) is 14.6. The maximum Gasteiger partial charge on any atom is 0.251 e. The van der Waals surface area contributed by atoms with Gasteiger partial charge in [-0.15, -0.1) is 0 Å². The first-order chi connectivity index (χ1) is 11.1. The normalized spacial score (nSPS) is 16.5. The van der Waals surface area contributed by atoms with Crippen LogP contribution in [0, 0.1) is 0 Å². The second-order valence-corrected chi connectivity index (χ2v) is 6.55. The molecule has 1 saturated carbocycles. The topological polar surface area (TPSA) is 47.6 Å². The molecule has 1 aliphatic rings. The molecule has 0 atom stereocenters. The van der Waals surface area contributed by atoms with Crippen molar-refractivity contribution in [3.8, 4) is 11.5 Å². The first-order valence-corrected chi connectivity index (χ1v) is 8.75. The van der Waals surface area contributed by atoms with Crippen molar-refractivity contribution in [2.75, 3.05) is 7.11 Å². The molecule has 1 amide bonds. The Morgan fingerprint density at radius 3 is 2.35 bits per heavy atom. The van der Waals surface area contributed by atoms with Gasteiger partial charge in [-0.05, 0) is 44.9 Å². The van der Waals surface area contributed by atoms with Crippen molar-refractivity contribution in [1.82, 2.24) is 5.32 Å². The second kappa shape index (κ2) is 8.80. The Bertz CT molecular complexity index is 505. The molecule has 1 aliphatic carbocycles. The molecule has 0 spiro atoms. The Hall–Kier alpha value is -1.71. The van der Waals surface area contributed by atoms with Gasteiger partial charge in [0, 0.05) is 11.6 Å². The summed E-state index contributed by atoms with van der Waals surface area (Å²) in [6, 6.07) is 5.67. The molecule has 0 bridgehead atoms. The minimum Gasteiger partial charge on any atom is -0.493 e. The van der Waals surface area contributed by atoms with E-state index < -0.39 is 0 Å². The molecule has 1 aromatic rings. The quantitative estimate of drug-likeness (QED) is 0.879. The maximum atomic E-state index is 12.5. The van der Waals surface area contributed by atoms with Crippen molar-refractivity contribution in [3.05, 3.63) is 23.8 Å². The predicted octanol–water partition coefficient (Wildman–Crippen LogP) is 4.33. The molecular weight excluding hydrogens is 290 g/mol. The number of hydrogen-bond donors (Lipinski definition) is 1. The van der Waals surface area contributed by atoms with E-state index in [0.717, 1.165) is 12.8 Å². The molecule has 2 rings (SSSR count). The van der Waals surface area contributed by atoms with Crippen LogP contribution in [-0.4, -0.2) is 25.2 Å². The molecule has 4 heteroatoms. The molecule has 0 unspecified atom stereocenters. The molecule has 1 aromatic carbocycles. The van der Waals surface area contributed by atoms with Gasteiger partial charge in [0.25, 0.3) is 5.91 Å². The fraction of sp³-hybridized carbons (Fsp3) is 0.632. The molecule has 1 fully saturated rings. The fourth-order valence-electron chi connectivity index (χ4n) is 3.03. The molecule has 0 aromatic heterocycles. The summed E-state index contributed by atoms with van der Waals surface area (Å²) in [6.07, 6.45) is 8.52. The van der Waals surface area contributed by atoms with Gasteiger partial charge in [0.2, 0.25) is 0 Å². The Balaban J connectivity index is 2.03. The van der Waals surface area contributed by atoms with Gasteiger partial charge in [0.15, 0.2) is 11.5 Å². The van der Waals surface area contributed by atoms with Gasteiger partial charge < -0.3 is 14.8 Å². The molecular formula is C19H29NO3. The molecule has 0 saturated heterocycles. The summed E-state index contributed by atoms with van der Waals surface area (Å²) >= 11 is 0. The smallest absolute Gasteiger partial charge is 0.251 e. The van der Waals surface area contributed by atoms with Crippen LogP contribution in [-0.2, 0) is 0 Å². The standard InChI is InChI=1S/C19H29NO3/c1-14(2)23-17-12-11-15(13-18(17)22-3)19(21)20-16-9-7-5-4-6-8-10-16/h11-14,16H,4-10H2,1-3H3,(H,20,21). The number of amides is 1. The molecule has 0 radical (unpaired) electrons. The van der Waals surface area contributed by atoms with E-state index >= 15 is 0 Å². The minimum atomic E-state index is -0.0232. The number of benzene rings is 1. The van der Waals surface area contributed by atoms with Gasteiger partial charge in [-0.2, -0.15) is 0 Å². The van der Waals surface area contributed by atoms with Gasteiger partial charge in [0.1, 0.15) is 0 Å². The lowest BCUT2D eigenvalue weighted by molar-refractivity contribution is 0.0930. The highest BCUT2D eigenvalue weighted by atomic mass is 16.5. The van der Waals surface area contributed by atoms with Crippen LogP contribution in [0.1, 0.15) is 69.2 Å². The second-order valence-electron chi connectivity index (χ2n) is 6.55. The van der Waals surface area contributed by atoms with Crippen LogP contribution in [0.15, 0.2) is 18.2 Å². The van der Waals surface area contributed by atoms with Crippen molar-refractivity contribution in [3.63, 3.8) is 0 Å². The summed E-state index contributed by atoms with van der Waals surface area (Å²) in [5.41, 5.74) is 0.625. The fourth-order valence-corrected chi connectivity index (χ4v) is 3.03. The molecule has 128 valence electrons.